The summed E-state index contributed by atoms with van der Waals surface area (Å²) in [5.74, 6) is 0.780. The maximum atomic E-state index is 5.97. The number of nitrogens with zero attached hydrogens (tertiary/aromatic N) is 1. The molecule has 1 saturated heterocycles. The third-order valence-corrected chi connectivity index (χ3v) is 3.78. The highest BCUT2D eigenvalue weighted by atomic mass is 35.5. The third-order valence-electron chi connectivity index (χ3n) is 3.58. The molecule has 0 radical (unpaired) electrons. The number of nitrogens with one attached hydrogen (secondary N) is 1. The Hall–Kier alpha value is -0.860. The van der Waals surface area contributed by atoms with Gasteiger partial charge in [0.25, 0.3) is 0 Å². The van der Waals surface area contributed by atoms with Crippen LogP contribution in [0.25, 0.3) is 5.57 Å². The number of allylic oxidation sites excluding steroid dienone is 1. The molecule has 16 heavy (non-hydrogen) atoms. The van der Waals surface area contributed by atoms with Gasteiger partial charge in [0, 0.05) is 18.4 Å². The standard InChI is InChI=1S/C13H15ClN2/c14-12-5-11(7-15-8-12)10-4-9-2-1-3-16-13(9)6-10/h5-9,13,16H,1-4H2/t9-,13+/m0/s1. The van der Waals surface area contributed by atoms with Crippen LogP contribution < -0.4 is 5.32 Å². The van der Waals surface area contributed by atoms with Gasteiger partial charge >= 0.3 is 0 Å². The number of fused-ring (bicyclic) bond motifs is 1. The van der Waals surface area contributed by atoms with E-state index in [-0.39, 0.29) is 0 Å². The first-order valence-corrected chi connectivity index (χ1v) is 6.26. The van der Waals surface area contributed by atoms with Crippen LogP contribution in [0, 0.1) is 5.92 Å². The number of hydrogen-bond donors (Lipinski definition) is 1. The molecule has 3 heteroatoms. The third kappa shape index (κ3) is 1.87. The van der Waals surface area contributed by atoms with E-state index >= 15 is 0 Å². The van der Waals surface area contributed by atoms with Crippen molar-refractivity contribution < 1.29 is 0 Å². The molecule has 0 unspecified atom stereocenters. The van der Waals surface area contributed by atoms with Crippen molar-refractivity contribution in [3.8, 4) is 0 Å². The molecular weight excluding hydrogens is 220 g/mol. The second-order valence-electron chi connectivity index (χ2n) is 4.67. The molecule has 0 bridgehead atoms. The highest BCUT2D eigenvalue weighted by Crippen LogP contribution is 2.36. The highest BCUT2D eigenvalue weighted by molar-refractivity contribution is 6.30. The Labute approximate surface area is 101 Å². The number of piperidine rings is 1. The smallest absolute Gasteiger partial charge is 0.0595 e. The van der Waals surface area contributed by atoms with E-state index in [1.165, 1.54) is 30.4 Å². The van der Waals surface area contributed by atoms with Crippen LogP contribution in [0.1, 0.15) is 24.8 Å². The molecule has 3 rings (SSSR count). The minimum absolute atomic E-state index is 0.572. The van der Waals surface area contributed by atoms with Gasteiger partial charge in [-0.3, -0.25) is 4.98 Å². The molecule has 0 spiro atoms. The first kappa shape index (κ1) is 10.3. The summed E-state index contributed by atoms with van der Waals surface area (Å²) in [6, 6.07) is 2.58. The average molecular weight is 235 g/mol. The van der Waals surface area contributed by atoms with E-state index < -0.39 is 0 Å². The lowest BCUT2D eigenvalue weighted by molar-refractivity contribution is 0.341. The monoisotopic (exact) mass is 234 g/mol. The summed E-state index contributed by atoms with van der Waals surface area (Å²) < 4.78 is 0. The molecule has 1 aliphatic carbocycles. The van der Waals surface area contributed by atoms with Crippen LogP contribution in [-0.2, 0) is 0 Å². The second kappa shape index (κ2) is 4.19. The van der Waals surface area contributed by atoms with Crippen molar-refractivity contribution in [1.29, 1.82) is 0 Å². The van der Waals surface area contributed by atoms with E-state index in [4.69, 9.17) is 11.6 Å². The van der Waals surface area contributed by atoms with Gasteiger partial charge < -0.3 is 5.32 Å². The van der Waals surface area contributed by atoms with E-state index in [1.54, 1.807) is 6.20 Å². The molecule has 1 aromatic heterocycles. The Kier molecular flexibility index (Phi) is 2.70. The molecule has 1 N–H and O–H groups in total. The zero-order valence-electron chi connectivity index (χ0n) is 9.12. The predicted molar refractivity (Wildman–Crippen MR) is 66.4 cm³/mol. The Bertz CT molecular complexity index is 428. The van der Waals surface area contributed by atoms with Gasteiger partial charge in [-0.25, -0.2) is 0 Å². The van der Waals surface area contributed by atoms with Gasteiger partial charge in [-0.05, 0) is 48.9 Å². The highest BCUT2D eigenvalue weighted by Gasteiger charge is 2.29. The van der Waals surface area contributed by atoms with Gasteiger partial charge in [-0.1, -0.05) is 17.7 Å². The van der Waals surface area contributed by atoms with Crippen molar-refractivity contribution in [2.75, 3.05) is 6.54 Å². The van der Waals surface area contributed by atoms with Gasteiger partial charge in [0.15, 0.2) is 0 Å². The van der Waals surface area contributed by atoms with Crippen molar-refractivity contribution >= 4 is 17.2 Å². The van der Waals surface area contributed by atoms with Crippen LogP contribution in [0.4, 0.5) is 0 Å². The van der Waals surface area contributed by atoms with E-state index in [1.807, 2.05) is 12.3 Å². The van der Waals surface area contributed by atoms with Crippen LogP contribution >= 0.6 is 11.6 Å². The van der Waals surface area contributed by atoms with Crippen LogP contribution in [0.3, 0.4) is 0 Å². The topological polar surface area (TPSA) is 24.9 Å². The molecule has 84 valence electrons. The summed E-state index contributed by atoms with van der Waals surface area (Å²) in [4.78, 5) is 4.15. The van der Waals surface area contributed by atoms with Gasteiger partial charge in [0.05, 0.1) is 5.02 Å². The molecule has 2 atom stereocenters. The van der Waals surface area contributed by atoms with Crippen LogP contribution in [0.5, 0.6) is 0 Å². The van der Waals surface area contributed by atoms with Gasteiger partial charge in [-0.15, -0.1) is 0 Å². The van der Waals surface area contributed by atoms with E-state index in [0.717, 1.165) is 17.5 Å². The minimum Gasteiger partial charge on any atom is -0.310 e. The molecule has 0 amide bonds. The first-order valence-electron chi connectivity index (χ1n) is 5.88. The molecule has 1 aliphatic heterocycles. The Balaban J connectivity index is 1.86. The fourth-order valence-electron chi connectivity index (χ4n) is 2.77. The molecule has 0 aromatic carbocycles. The molecule has 2 aliphatic rings. The van der Waals surface area contributed by atoms with Gasteiger partial charge in [-0.2, -0.15) is 0 Å². The van der Waals surface area contributed by atoms with Crippen molar-refractivity contribution in [1.82, 2.24) is 10.3 Å². The van der Waals surface area contributed by atoms with Crippen LogP contribution in [-0.4, -0.2) is 17.6 Å². The Morgan fingerprint density at radius 3 is 3.12 bits per heavy atom. The molecular formula is C13H15ClN2. The second-order valence-corrected chi connectivity index (χ2v) is 5.11. The lowest BCUT2D eigenvalue weighted by atomic mass is 9.92. The van der Waals surface area contributed by atoms with Gasteiger partial charge in [0.1, 0.15) is 0 Å². The zero-order chi connectivity index (χ0) is 11.0. The number of aromatic nitrogens is 1. The zero-order valence-corrected chi connectivity index (χ0v) is 9.87. The summed E-state index contributed by atoms with van der Waals surface area (Å²) in [5, 5.41) is 4.29. The lowest BCUT2D eigenvalue weighted by Crippen LogP contribution is -2.37. The Morgan fingerprint density at radius 2 is 2.31 bits per heavy atom. The predicted octanol–water partition coefficient (Wildman–Crippen LogP) is 2.89. The maximum absolute atomic E-state index is 5.97. The quantitative estimate of drug-likeness (QED) is 0.808. The number of halogens is 1. The average Bonchev–Trinajstić information content (AvgIpc) is 2.72. The summed E-state index contributed by atoms with van der Waals surface area (Å²) >= 11 is 5.97. The molecule has 2 nitrogen and oxygen atoms in total. The number of hydrogen-bond acceptors (Lipinski definition) is 2. The molecule has 2 heterocycles. The van der Waals surface area contributed by atoms with E-state index in [9.17, 15) is 0 Å². The van der Waals surface area contributed by atoms with Crippen molar-refractivity contribution in [3.63, 3.8) is 0 Å². The fraction of sp³-hybridized carbons (Fsp3) is 0.462. The summed E-state index contributed by atoms with van der Waals surface area (Å²) in [6.07, 6.45) is 9.76. The first-order chi connectivity index (χ1) is 7.83. The van der Waals surface area contributed by atoms with Crippen LogP contribution in [0.2, 0.25) is 5.02 Å². The van der Waals surface area contributed by atoms with Crippen molar-refractivity contribution in [2.24, 2.45) is 5.92 Å². The summed E-state index contributed by atoms with van der Waals surface area (Å²) in [6.45, 7) is 1.15. The van der Waals surface area contributed by atoms with Crippen LogP contribution in [0.15, 0.2) is 24.5 Å². The minimum atomic E-state index is 0.572. The van der Waals surface area contributed by atoms with Crippen molar-refractivity contribution in [2.45, 2.75) is 25.3 Å². The largest absolute Gasteiger partial charge is 0.310 e. The van der Waals surface area contributed by atoms with Gasteiger partial charge in [0.2, 0.25) is 0 Å². The van der Waals surface area contributed by atoms with E-state index in [2.05, 4.69) is 16.4 Å². The normalized spacial score (nSPS) is 28.7. The Morgan fingerprint density at radius 1 is 1.38 bits per heavy atom. The fourth-order valence-corrected chi connectivity index (χ4v) is 2.95. The molecule has 1 aromatic rings. The van der Waals surface area contributed by atoms with Crippen molar-refractivity contribution in [3.05, 3.63) is 35.1 Å². The lowest BCUT2D eigenvalue weighted by Gasteiger charge is -2.25. The summed E-state index contributed by atoms with van der Waals surface area (Å²) in [7, 11) is 0. The summed E-state index contributed by atoms with van der Waals surface area (Å²) in [5.41, 5.74) is 2.59. The SMILES string of the molecule is Clc1cncc(C2=C[C@H]3NCCC[C@H]3C2)c1. The maximum Gasteiger partial charge on any atom is 0.0595 e. The molecule has 0 saturated carbocycles. The number of pyridine rings is 1. The molecule has 1 fully saturated rings. The number of rotatable bonds is 1. The van der Waals surface area contributed by atoms with E-state index in [0.29, 0.717) is 6.04 Å².